The van der Waals surface area contributed by atoms with E-state index >= 15 is 0 Å². The zero-order chi connectivity index (χ0) is 15.1. The van der Waals surface area contributed by atoms with Gasteiger partial charge in [-0.1, -0.05) is 23.7 Å². The molecule has 0 aliphatic heterocycles. The van der Waals surface area contributed by atoms with Crippen LogP contribution in [-0.4, -0.2) is 29.6 Å². The van der Waals surface area contributed by atoms with Gasteiger partial charge in [0.2, 0.25) is 0 Å². The number of carboxylic acids is 1. The third-order valence-electron chi connectivity index (χ3n) is 2.42. The minimum absolute atomic E-state index is 0.263. The molecule has 0 heterocycles. The molecule has 0 fully saturated rings. The summed E-state index contributed by atoms with van der Waals surface area (Å²) in [4.78, 5) is 22.2. The molecule has 6 heteroatoms. The number of amides is 1. The van der Waals surface area contributed by atoms with E-state index in [-0.39, 0.29) is 11.7 Å². The molecule has 0 saturated heterocycles. The van der Waals surface area contributed by atoms with Gasteiger partial charge in [0.25, 0.3) is 5.91 Å². The number of hydrogen-bond acceptors (Lipinski definition) is 3. The van der Waals surface area contributed by atoms with Gasteiger partial charge in [-0.3, -0.25) is 4.79 Å². The van der Waals surface area contributed by atoms with Crippen LogP contribution in [0.2, 0.25) is 5.02 Å². The second kappa shape index (κ2) is 7.55. The van der Waals surface area contributed by atoms with Gasteiger partial charge in [-0.05, 0) is 26.0 Å². The van der Waals surface area contributed by atoms with Gasteiger partial charge in [0.1, 0.15) is 5.75 Å². The second-order valence-corrected chi connectivity index (χ2v) is 4.39. The SMILES string of the molecule is CCNC(=O)C(C)Oc1c(Cl)cccc1/C=C/C(=O)O. The van der Waals surface area contributed by atoms with Crippen LogP contribution in [-0.2, 0) is 9.59 Å². The van der Waals surface area contributed by atoms with Crippen molar-refractivity contribution < 1.29 is 19.4 Å². The van der Waals surface area contributed by atoms with Crippen LogP contribution < -0.4 is 10.1 Å². The van der Waals surface area contributed by atoms with Gasteiger partial charge in [0.15, 0.2) is 6.10 Å². The number of halogens is 1. The second-order valence-electron chi connectivity index (χ2n) is 3.98. The lowest BCUT2D eigenvalue weighted by molar-refractivity contribution is -0.131. The molecule has 0 spiro atoms. The van der Waals surface area contributed by atoms with Crippen molar-refractivity contribution >= 4 is 29.6 Å². The molecule has 0 saturated carbocycles. The van der Waals surface area contributed by atoms with E-state index in [1.807, 2.05) is 0 Å². The van der Waals surface area contributed by atoms with Crippen LogP contribution in [0.1, 0.15) is 19.4 Å². The molecule has 1 amide bonds. The topological polar surface area (TPSA) is 75.6 Å². The molecule has 0 radical (unpaired) electrons. The average molecular weight is 298 g/mol. The average Bonchev–Trinajstić information content (AvgIpc) is 2.39. The molecule has 5 nitrogen and oxygen atoms in total. The highest BCUT2D eigenvalue weighted by atomic mass is 35.5. The molecule has 2 N–H and O–H groups in total. The Morgan fingerprint density at radius 2 is 2.20 bits per heavy atom. The van der Waals surface area contributed by atoms with Crippen LogP contribution in [0.3, 0.4) is 0 Å². The molecule has 108 valence electrons. The lowest BCUT2D eigenvalue weighted by Gasteiger charge is -2.16. The highest BCUT2D eigenvalue weighted by molar-refractivity contribution is 6.32. The van der Waals surface area contributed by atoms with Gasteiger partial charge in [0, 0.05) is 18.2 Å². The maximum Gasteiger partial charge on any atom is 0.328 e. The summed E-state index contributed by atoms with van der Waals surface area (Å²) in [5.41, 5.74) is 0.496. The maximum atomic E-state index is 11.6. The van der Waals surface area contributed by atoms with E-state index < -0.39 is 12.1 Å². The Morgan fingerprint density at radius 1 is 1.50 bits per heavy atom. The Labute approximate surface area is 122 Å². The quantitative estimate of drug-likeness (QED) is 0.790. The van der Waals surface area contributed by atoms with E-state index in [1.54, 1.807) is 32.0 Å². The highest BCUT2D eigenvalue weighted by Crippen LogP contribution is 2.30. The summed E-state index contributed by atoms with van der Waals surface area (Å²) >= 11 is 6.03. The van der Waals surface area contributed by atoms with E-state index in [0.717, 1.165) is 6.08 Å². The normalized spacial score (nSPS) is 12.2. The van der Waals surface area contributed by atoms with Crippen LogP contribution in [0.4, 0.5) is 0 Å². The van der Waals surface area contributed by atoms with E-state index in [9.17, 15) is 9.59 Å². The number of para-hydroxylation sites is 1. The molecule has 1 aromatic carbocycles. The molecule has 1 atom stereocenters. The first-order chi connectivity index (χ1) is 9.45. The zero-order valence-corrected chi connectivity index (χ0v) is 12.0. The van der Waals surface area contributed by atoms with Gasteiger partial charge in [-0.15, -0.1) is 0 Å². The Bertz CT molecular complexity index is 528. The van der Waals surface area contributed by atoms with E-state index in [4.69, 9.17) is 21.4 Å². The number of nitrogens with one attached hydrogen (secondary N) is 1. The molecule has 0 aliphatic rings. The number of rotatable bonds is 6. The van der Waals surface area contributed by atoms with Crippen molar-refractivity contribution in [3.05, 3.63) is 34.9 Å². The van der Waals surface area contributed by atoms with Gasteiger partial charge in [-0.25, -0.2) is 4.79 Å². The number of benzene rings is 1. The third-order valence-corrected chi connectivity index (χ3v) is 2.72. The Balaban J connectivity index is 2.98. The van der Waals surface area contributed by atoms with Crippen molar-refractivity contribution in [1.29, 1.82) is 0 Å². The summed E-state index contributed by atoms with van der Waals surface area (Å²) in [6.45, 7) is 3.90. The molecule has 0 aromatic heterocycles. The Kier molecular flexibility index (Phi) is 6.06. The summed E-state index contributed by atoms with van der Waals surface area (Å²) in [7, 11) is 0. The minimum Gasteiger partial charge on any atom is -0.479 e. The first kappa shape index (κ1) is 16.0. The van der Waals surface area contributed by atoms with Crippen molar-refractivity contribution in [1.82, 2.24) is 5.32 Å². The molecular weight excluding hydrogens is 282 g/mol. The Morgan fingerprint density at radius 3 is 2.80 bits per heavy atom. The molecule has 1 unspecified atom stereocenters. The molecular formula is C14H16ClNO4. The first-order valence-corrected chi connectivity index (χ1v) is 6.47. The van der Waals surface area contributed by atoms with Crippen molar-refractivity contribution in [3.63, 3.8) is 0 Å². The van der Waals surface area contributed by atoms with Crippen molar-refractivity contribution in [2.75, 3.05) is 6.54 Å². The molecule has 0 bridgehead atoms. The van der Waals surface area contributed by atoms with Crippen molar-refractivity contribution in [2.24, 2.45) is 0 Å². The van der Waals surface area contributed by atoms with Crippen LogP contribution in [0.5, 0.6) is 5.75 Å². The maximum absolute atomic E-state index is 11.6. The first-order valence-electron chi connectivity index (χ1n) is 6.09. The minimum atomic E-state index is -1.08. The summed E-state index contributed by atoms with van der Waals surface area (Å²) in [6.07, 6.45) is 1.62. The van der Waals surface area contributed by atoms with Gasteiger partial charge in [-0.2, -0.15) is 0 Å². The van der Waals surface area contributed by atoms with E-state index in [2.05, 4.69) is 5.32 Å². The fourth-order valence-corrected chi connectivity index (χ4v) is 1.72. The number of carboxylic acid groups (broad SMARTS) is 1. The molecule has 20 heavy (non-hydrogen) atoms. The monoisotopic (exact) mass is 297 g/mol. The predicted molar refractivity (Wildman–Crippen MR) is 76.9 cm³/mol. The Hall–Kier alpha value is -2.01. The van der Waals surface area contributed by atoms with Crippen LogP contribution in [0.15, 0.2) is 24.3 Å². The fraction of sp³-hybridized carbons (Fsp3) is 0.286. The standard InChI is InChI=1S/C14H16ClNO4/c1-3-16-14(19)9(2)20-13-10(7-8-12(17)18)5-4-6-11(13)15/h4-9H,3H2,1-2H3,(H,16,19)(H,17,18)/b8-7+. The van der Waals surface area contributed by atoms with Gasteiger partial charge < -0.3 is 15.2 Å². The smallest absolute Gasteiger partial charge is 0.328 e. The van der Waals surface area contributed by atoms with Crippen LogP contribution in [0.25, 0.3) is 6.08 Å². The fourth-order valence-electron chi connectivity index (χ4n) is 1.49. The highest BCUT2D eigenvalue weighted by Gasteiger charge is 2.17. The molecule has 1 aromatic rings. The number of carbonyl (C=O) groups excluding carboxylic acids is 1. The number of aliphatic carboxylic acids is 1. The van der Waals surface area contributed by atoms with Crippen molar-refractivity contribution in [3.8, 4) is 5.75 Å². The summed E-state index contributed by atoms with van der Waals surface area (Å²) < 4.78 is 5.53. The summed E-state index contributed by atoms with van der Waals surface area (Å²) in [6, 6.07) is 4.94. The third kappa shape index (κ3) is 4.59. The van der Waals surface area contributed by atoms with E-state index in [0.29, 0.717) is 17.1 Å². The van der Waals surface area contributed by atoms with Gasteiger partial charge in [0.05, 0.1) is 5.02 Å². The van der Waals surface area contributed by atoms with Crippen molar-refractivity contribution in [2.45, 2.75) is 20.0 Å². The summed E-state index contributed by atoms with van der Waals surface area (Å²) in [5, 5.41) is 11.6. The van der Waals surface area contributed by atoms with Crippen LogP contribution >= 0.6 is 11.6 Å². The lowest BCUT2D eigenvalue weighted by atomic mass is 10.2. The number of hydrogen-bond donors (Lipinski definition) is 2. The molecule has 1 rings (SSSR count). The number of carbonyl (C=O) groups is 2. The molecule has 0 aliphatic carbocycles. The lowest BCUT2D eigenvalue weighted by Crippen LogP contribution is -2.36. The van der Waals surface area contributed by atoms with Gasteiger partial charge >= 0.3 is 5.97 Å². The number of likely N-dealkylation sites (N-methyl/N-ethyl adjacent to an activating group) is 1. The predicted octanol–water partition coefficient (Wildman–Crippen LogP) is 2.34. The number of ether oxygens (including phenoxy) is 1. The largest absolute Gasteiger partial charge is 0.479 e. The zero-order valence-electron chi connectivity index (χ0n) is 11.2. The van der Waals surface area contributed by atoms with Crippen LogP contribution in [0, 0.1) is 0 Å². The summed E-state index contributed by atoms with van der Waals surface area (Å²) in [5.74, 6) is -1.06. The van der Waals surface area contributed by atoms with E-state index in [1.165, 1.54) is 6.08 Å².